The largest absolute Gasteiger partial charge is 0.450 e. The first-order chi connectivity index (χ1) is 13.2. The zero-order chi connectivity index (χ0) is 18.8. The summed E-state index contributed by atoms with van der Waals surface area (Å²) in [5.41, 5.74) is 5.34. The monoisotopic (exact) mass is 387 g/mol. The highest BCUT2D eigenvalue weighted by atomic mass is 35.5. The predicted molar refractivity (Wildman–Crippen MR) is 107 cm³/mol. The maximum Gasteiger partial charge on any atom is 0.409 e. The van der Waals surface area contributed by atoms with Gasteiger partial charge in [0.2, 0.25) is 0 Å². The van der Waals surface area contributed by atoms with Crippen molar-refractivity contribution >= 4 is 17.7 Å². The van der Waals surface area contributed by atoms with Gasteiger partial charge in [0.15, 0.2) is 0 Å². The van der Waals surface area contributed by atoms with Crippen molar-refractivity contribution in [2.24, 2.45) is 0 Å². The Bertz CT molecular complexity index is 782. The van der Waals surface area contributed by atoms with Gasteiger partial charge >= 0.3 is 6.09 Å². The number of benzene rings is 1. The molecule has 1 atom stereocenters. The summed E-state index contributed by atoms with van der Waals surface area (Å²) in [5, 5.41) is 4.43. The first-order valence-electron chi connectivity index (χ1n) is 9.75. The Hall–Kier alpha value is -1.98. The smallest absolute Gasteiger partial charge is 0.409 e. The summed E-state index contributed by atoms with van der Waals surface area (Å²) in [6.07, 6.45) is 6.27. The van der Waals surface area contributed by atoms with Crippen LogP contribution in [0.3, 0.4) is 0 Å². The lowest BCUT2D eigenvalue weighted by molar-refractivity contribution is 0.0700. The maximum absolute atomic E-state index is 12.0. The number of ether oxygens (including phenoxy) is 1. The number of dihydropyridines is 1. The summed E-state index contributed by atoms with van der Waals surface area (Å²) in [4.78, 5) is 16.3. The van der Waals surface area contributed by atoms with Crippen LogP contribution in [0.4, 0.5) is 4.79 Å². The summed E-state index contributed by atoms with van der Waals surface area (Å²) in [5.74, 6) is 0. The van der Waals surface area contributed by atoms with Gasteiger partial charge in [-0.1, -0.05) is 29.8 Å². The van der Waals surface area contributed by atoms with E-state index in [9.17, 15) is 4.79 Å². The minimum absolute atomic E-state index is 0.184. The van der Waals surface area contributed by atoms with Crippen LogP contribution < -0.4 is 5.32 Å². The van der Waals surface area contributed by atoms with Crippen LogP contribution in [0.15, 0.2) is 41.6 Å². The number of fused-ring (bicyclic) bond motifs is 1. The molecule has 5 nitrogen and oxygen atoms in total. The highest BCUT2D eigenvalue weighted by Crippen LogP contribution is 2.38. The van der Waals surface area contributed by atoms with E-state index in [-0.39, 0.29) is 12.1 Å². The summed E-state index contributed by atoms with van der Waals surface area (Å²) in [7, 11) is 0. The van der Waals surface area contributed by atoms with Crippen molar-refractivity contribution in [2.75, 3.05) is 39.3 Å². The van der Waals surface area contributed by atoms with E-state index in [1.165, 1.54) is 22.4 Å². The van der Waals surface area contributed by atoms with Gasteiger partial charge in [-0.05, 0) is 48.6 Å². The van der Waals surface area contributed by atoms with E-state index in [0.29, 0.717) is 19.7 Å². The molecule has 144 valence electrons. The number of nitrogens with one attached hydrogen (secondary N) is 1. The number of carbonyl (C=O) groups excluding carboxylic acids is 1. The Morgan fingerprint density at radius 3 is 2.85 bits per heavy atom. The quantitative estimate of drug-likeness (QED) is 0.843. The Morgan fingerprint density at radius 2 is 2.07 bits per heavy atom. The highest BCUT2D eigenvalue weighted by Gasteiger charge is 2.34. The number of hydrogen-bond donors (Lipinski definition) is 1. The summed E-state index contributed by atoms with van der Waals surface area (Å²) < 4.78 is 5.16. The molecule has 1 aromatic carbocycles. The standard InChI is InChI=1S/C21H26ClN3O2/c1-2-27-21(26)25-12-10-24(11-13-25)20-18-8-7-17(22)14-16(18)6-5-15-4-3-9-23-19(15)20/h3-4,7-8,14,20,23H,2,5-6,9-13H2,1H3. The molecular weight excluding hydrogens is 362 g/mol. The van der Waals surface area contributed by atoms with Gasteiger partial charge in [0, 0.05) is 43.4 Å². The minimum atomic E-state index is -0.205. The third kappa shape index (κ3) is 3.71. The molecule has 3 aliphatic rings. The van der Waals surface area contributed by atoms with Crippen molar-refractivity contribution in [1.82, 2.24) is 15.1 Å². The number of aryl methyl sites for hydroxylation is 1. The van der Waals surface area contributed by atoms with Gasteiger partial charge in [0.1, 0.15) is 0 Å². The van der Waals surface area contributed by atoms with Gasteiger partial charge in [-0.15, -0.1) is 0 Å². The molecule has 1 unspecified atom stereocenters. The summed E-state index contributed by atoms with van der Waals surface area (Å²) in [6.45, 7) is 6.16. The molecule has 2 heterocycles. The topological polar surface area (TPSA) is 44.8 Å². The molecular formula is C21H26ClN3O2. The molecule has 0 aromatic heterocycles. The Balaban J connectivity index is 1.63. The van der Waals surface area contributed by atoms with Gasteiger partial charge in [-0.25, -0.2) is 4.79 Å². The van der Waals surface area contributed by atoms with Crippen LogP contribution >= 0.6 is 11.6 Å². The second-order valence-electron chi connectivity index (χ2n) is 7.19. The molecule has 0 radical (unpaired) electrons. The first kappa shape index (κ1) is 18.4. The van der Waals surface area contributed by atoms with Gasteiger partial charge in [-0.2, -0.15) is 0 Å². The fourth-order valence-corrected chi connectivity index (χ4v) is 4.50. The Morgan fingerprint density at radius 1 is 1.26 bits per heavy atom. The fourth-order valence-electron chi connectivity index (χ4n) is 4.30. The number of hydrogen-bond acceptors (Lipinski definition) is 4. The van der Waals surface area contributed by atoms with E-state index in [4.69, 9.17) is 16.3 Å². The number of nitrogens with zero attached hydrogens (tertiary/aromatic N) is 2. The predicted octanol–water partition coefficient (Wildman–Crippen LogP) is 3.51. The minimum Gasteiger partial charge on any atom is -0.450 e. The number of piperazine rings is 1. The zero-order valence-electron chi connectivity index (χ0n) is 15.7. The molecule has 1 amide bonds. The van der Waals surface area contributed by atoms with E-state index >= 15 is 0 Å². The third-order valence-electron chi connectivity index (χ3n) is 5.62. The Kier molecular flexibility index (Phi) is 5.41. The molecule has 27 heavy (non-hydrogen) atoms. The van der Waals surface area contributed by atoms with Crippen molar-refractivity contribution in [3.63, 3.8) is 0 Å². The van der Waals surface area contributed by atoms with Gasteiger partial charge in [0.25, 0.3) is 0 Å². The average Bonchev–Trinajstić information content (AvgIpc) is 2.85. The first-order valence-corrected chi connectivity index (χ1v) is 10.1. The van der Waals surface area contributed by atoms with Gasteiger partial charge < -0.3 is 15.0 Å². The van der Waals surface area contributed by atoms with Crippen LogP contribution in [0.1, 0.15) is 30.5 Å². The highest BCUT2D eigenvalue weighted by molar-refractivity contribution is 6.30. The van der Waals surface area contributed by atoms with Crippen molar-refractivity contribution in [1.29, 1.82) is 0 Å². The summed E-state index contributed by atoms with van der Waals surface area (Å²) >= 11 is 6.29. The molecule has 0 spiro atoms. The van der Waals surface area contributed by atoms with Crippen molar-refractivity contribution in [2.45, 2.75) is 25.8 Å². The lowest BCUT2D eigenvalue weighted by Crippen LogP contribution is -2.51. The van der Waals surface area contributed by atoms with Crippen LogP contribution in [-0.2, 0) is 11.2 Å². The summed E-state index contributed by atoms with van der Waals surface area (Å²) in [6, 6.07) is 6.47. The van der Waals surface area contributed by atoms with Gasteiger partial charge in [-0.3, -0.25) is 4.90 Å². The van der Waals surface area contributed by atoms with E-state index in [1.54, 1.807) is 0 Å². The molecule has 0 saturated carbocycles. The SMILES string of the molecule is CCOC(=O)N1CCN(C2C3=C(C=CCN3)CCc3cc(Cl)ccc32)CC1. The number of allylic oxidation sites excluding steroid dienone is 2. The number of amides is 1. The molecule has 0 bridgehead atoms. The lowest BCUT2D eigenvalue weighted by atomic mass is 9.95. The molecule has 1 fully saturated rings. The van der Waals surface area contributed by atoms with Crippen LogP contribution in [0.25, 0.3) is 0 Å². The average molecular weight is 388 g/mol. The van der Waals surface area contributed by atoms with Crippen LogP contribution in [0, 0.1) is 0 Å². The van der Waals surface area contributed by atoms with E-state index < -0.39 is 0 Å². The van der Waals surface area contributed by atoms with Crippen molar-refractivity contribution in [3.8, 4) is 0 Å². The van der Waals surface area contributed by atoms with Crippen molar-refractivity contribution in [3.05, 3.63) is 57.8 Å². The molecule has 1 N–H and O–H groups in total. The third-order valence-corrected chi connectivity index (χ3v) is 5.85. The molecule has 1 aromatic rings. The zero-order valence-corrected chi connectivity index (χ0v) is 16.5. The second kappa shape index (κ2) is 7.95. The maximum atomic E-state index is 12.0. The molecule has 4 rings (SSSR count). The fraction of sp³-hybridized carbons (Fsp3) is 0.476. The number of carbonyl (C=O) groups is 1. The van der Waals surface area contributed by atoms with E-state index in [1.807, 2.05) is 17.9 Å². The van der Waals surface area contributed by atoms with Crippen LogP contribution in [-0.4, -0.2) is 55.2 Å². The second-order valence-corrected chi connectivity index (χ2v) is 7.63. The lowest BCUT2D eigenvalue weighted by Gasteiger charge is -2.41. The van der Waals surface area contributed by atoms with E-state index in [0.717, 1.165) is 37.5 Å². The van der Waals surface area contributed by atoms with Crippen molar-refractivity contribution < 1.29 is 9.53 Å². The van der Waals surface area contributed by atoms with Crippen LogP contribution in [0.5, 0.6) is 0 Å². The van der Waals surface area contributed by atoms with E-state index in [2.05, 4.69) is 34.5 Å². The molecule has 6 heteroatoms. The van der Waals surface area contributed by atoms with Crippen LogP contribution in [0.2, 0.25) is 5.02 Å². The molecule has 1 saturated heterocycles. The normalized spacial score (nSPS) is 22.6. The number of rotatable bonds is 2. The molecule has 2 aliphatic heterocycles. The number of halogens is 1. The Labute approximate surface area is 165 Å². The molecule has 1 aliphatic carbocycles. The van der Waals surface area contributed by atoms with Gasteiger partial charge in [0.05, 0.1) is 12.6 Å².